The highest BCUT2D eigenvalue weighted by Crippen LogP contribution is 2.17. The van der Waals surface area contributed by atoms with Gasteiger partial charge in [-0.3, -0.25) is 15.0 Å². The molecule has 0 aliphatic carbocycles. The summed E-state index contributed by atoms with van der Waals surface area (Å²) in [6, 6.07) is 10.7. The molecule has 2 aromatic carbocycles. The number of carbonyl (C=O) groups excluding carboxylic acids is 1. The third kappa shape index (κ3) is 7.25. The maximum atomic E-state index is 12.4. The monoisotopic (exact) mass is 463 g/mol. The molecule has 12 heteroatoms. The van der Waals surface area contributed by atoms with Crippen LogP contribution in [0.25, 0.3) is 0 Å². The van der Waals surface area contributed by atoms with Gasteiger partial charge in [-0.25, -0.2) is 8.42 Å². The van der Waals surface area contributed by atoms with E-state index in [0.717, 1.165) is 0 Å². The normalized spacial score (nSPS) is 12.0. The Morgan fingerprint density at radius 2 is 1.78 bits per heavy atom. The SMILES string of the molecule is N=C(N)c1ccc(OCCCC(=O)NCC(NS(=O)(=O)c2ccccc2N)C(=O)O)cc1. The number of aliphatic carboxylic acids is 1. The highest BCUT2D eigenvalue weighted by atomic mass is 32.2. The number of nitrogen functional groups attached to an aromatic ring is 2. The standard InChI is InChI=1S/C20H25N5O6S/c21-15-4-1-2-5-17(15)32(29,30)25-16(20(27)28)12-24-18(26)6-3-11-31-14-9-7-13(8-10-14)19(22)23/h1-2,4-5,7-10,16,25H,3,6,11-12,21H2,(H3,22,23)(H,24,26)(H,27,28). The summed E-state index contributed by atoms with van der Waals surface area (Å²) >= 11 is 0. The third-order valence-corrected chi connectivity index (χ3v) is 5.84. The Morgan fingerprint density at radius 3 is 2.38 bits per heavy atom. The van der Waals surface area contributed by atoms with Gasteiger partial charge in [-0.1, -0.05) is 12.1 Å². The van der Waals surface area contributed by atoms with Gasteiger partial charge in [-0.15, -0.1) is 0 Å². The van der Waals surface area contributed by atoms with Crippen molar-refractivity contribution in [1.29, 1.82) is 5.41 Å². The van der Waals surface area contributed by atoms with Crippen molar-refractivity contribution in [2.75, 3.05) is 18.9 Å². The molecule has 0 heterocycles. The minimum atomic E-state index is -4.19. The van der Waals surface area contributed by atoms with Crippen molar-refractivity contribution in [3.63, 3.8) is 0 Å². The van der Waals surface area contributed by atoms with Gasteiger partial charge in [-0.05, 0) is 42.8 Å². The lowest BCUT2D eigenvalue weighted by Gasteiger charge is -2.16. The average Bonchev–Trinajstić information content (AvgIpc) is 2.74. The lowest BCUT2D eigenvalue weighted by atomic mass is 10.2. The number of hydrogen-bond acceptors (Lipinski definition) is 7. The molecule has 32 heavy (non-hydrogen) atoms. The highest BCUT2D eigenvalue weighted by Gasteiger charge is 2.27. The smallest absolute Gasteiger partial charge is 0.323 e. The van der Waals surface area contributed by atoms with Crippen LogP contribution in [0.1, 0.15) is 18.4 Å². The molecule has 0 aromatic heterocycles. The minimum absolute atomic E-state index is 0.0240. The van der Waals surface area contributed by atoms with Crippen LogP contribution in [0.4, 0.5) is 5.69 Å². The fraction of sp³-hybridized carbons (Fsp3) is 0.250. The molecule has 2 aromatic rings. The Morgan fingerprint density at radius 1 is 1.12 bits per heavy atom. The molecular weight excluding hydrogens is 438 g/mol. The number of ether oxygens (including phenoxy) is 1. The topological polar surface area (TPSA) is 198 Å². The summed E-state index contributed by atoms with van der Waals surface area (Å²) in [5, 5.41) is 19.0. The number of nitrogens with two attached hydrogens (primary N) is 2. The molecule has 0 saturated heterocycles. The number of nitrogens with one attached hydrogen (secondary N) is 3. The van der Waals surface area contributed by atoms with E-state index in [1.165, 1.54) is 18.2 Å². The van der Waals surface area contributed by atoms with Gasteiger partial charge >= 0.3 is 5.97 Å². The number of rotatable bonds is 12. The first-order valence-corrected chi connectivity index (χ1v) is 11.0. The number of amides is 1. The number of anilines is 1. The minimum Gasteiger partial charge on any atom is -0.494 e. The van der Waals surface area contributed by atoms with Crippen molar-refractivity contribution in [2.24, 2.45) is 5.73 Å². The quantitative estimate of drug-likeness (QED) is 0.111. The fourth-order valence-corrected chi connectivity index (χ4v) is 3.93. The lowest BCUT2D eigenvalue weighted by molar-refractivity contribution is -0.138. The van der Waals surface area contributed by atoms with Crippen LogP contribution >= 0.6 is 0 Å². The number of hydrogen-bond donors (Lipinski definition) is 6. The number of para-hydroxylation sites is 1. The first kappa shape index (κ1) is 24.6. The Labute approximate surface area is 185 Å². The predicted octanol–water partition coefficient (Wildman–Crippen LogP) is 0.260. The Balaban J connectivity index is 1.80. The summed E-state index contributed by atoms with van der Waals surface area (Å²) in [5.41, 5.74) is 11.6. The molecule has 0 radical (unpaired) electrons. The van der Waals surface area contributed by atoms with E-state index < -0.39 is 34.5 Å². The van der Waals surface area contributed by atoms with Crippen LogP contribution < -0.4 is 26.2 Å². The zero-order chi connectivity index (χ0) is 23.7. The number of carbonyl (C=O) groups is 2. The van der Waals surface area contributed by atoms with Crippen molar-refractivity contribution < 1.29 is 27.9 Å². The summed E-state index contributed by atoms with van der Waals surface area (Å²) in [6.07, 6.45) is 0.403. The summed E-state index contributed by atoms with van der Waals surface area (Å²) < 4.78 is 32.4. The maximum Gasteiger partial charge on any atom is 0.323 e. The zero-order valence-corrected chi connectivity index (χ0v) is 17.9. The van der Waals surface area contributed by atoms with Crippen LogP contribution in [0.5, 0.6) is 5.75 Å². The molecule has 0 aliphatic rings. The fourth-order valence-electron chi connectivity index (χ4n) is 2.61. The van der Waals surface area contributed by atoms with E-state index in [9.17, 15) is 23.1 Å². The van der Waals surface area contributed by atoms with Crippen molar-refractivity contribution in [2.45, 2.75) is 23.8 Å². The molecule has 0 aliphatic heterocycles. The number of benzene rings is 2. The summed E-state index contributed by atoms with van der Waals surface area (Å²) in [7, 11) is -4.19. The van der Waals surface area contributed by atoms with Crippen LogP contribution in [0.2, 0.25) is 0 Å². The molecule has 0 saturated carbocycles. The number of sulfonamides is 1. The second kappa shape index (κ2) is 11.1. The van der Waals surface area contributed by atoms with E-state index in [0.29, 0.717) is 17.7 Å². The average molecular weight is 464 g/mol. The van der Waals surface area contributed by atoms with Crippen molar-refractivity contribution in [1.82, 2.24) is 10.0 Å². The van der Waals surface area contributed by atoms with Crippen molar-refractivity contribution in [3.8, 4) is 5.75 Å². The van der Waals surface area contributed by atoms with Crippen LogP contribution in [-0.2, 0) is 19.6 Å². The molecule has 0 fully saturated rings. The molecule has 172 valence electrons. The molecule has 0 spiro atoms. The number of carboxylic acids is 1. The van der Waals surface area contributed by atoms with Gasteiger partial charge < -0.3 is 26.6 Å². The van der Waals surface area contributed by atoms with Crippen LogP contribution in [-0.4, -0.2) is 50.4 Å². The van der Waals surface area contributed by atoms with Crippen molar-refractivity contribution >= 4 is 33.4 Å². The number of carboxylic acid groups (broad SMARTS) is 1. The van der Waals surface area contributed by atoms with Gasteiger partial charge in [-0.2, -0.15) is 4.72 Å². The second-order valence-corrected chi connectivity index (χ2v) is 8.43. The Kier molecular flexibility index (Phi) is 8.55. The summed E-state index contributed by atoms with van der Waals surface area (Å²) in [6.45, 7) is -0.206. The summed E-state index contributed by atoms with van der Waals surface area (Å²) in [5.74, 6) is -1.40. The predicted molar refractivity (Wildman–Crippen MR) is 118 cm³/mol. The molecule has 2 rings (SSSR count). The lowest BCUT2D eigenvalue weighted by Crippen LogP contribution is -2.48. The van der Waals surface area contributed by atoms with Gasteiger partial charge in [0.2, 0.25) is 15.9 Å². The summed E-state index contributed by atoms with van der Waals surface area (Å²) in [4.78, 5) is 23.2. The van der Waals surface area contributed by atoms with Crippen LogP contribution in [0.15, 0.2) is 53.4 Å². The highest BCUT2D eigenvalue weighted by molar-refractivity contribution is 7.89. The van der Waals surface area contributed by atoms with Gasteiger partial charge in [0, 0.05) is 18.5 Å². The maximum absolute atomic E-state index is 12.4. The number of amidine groups is 1. The van der Waals surface area contributed by atoms with E-state index in [1.54, 1.807) is 30.3 Å². The van der Waals surface area contributed by atoms with E-state index in [1.807, 2.05) is 4.72 Å². The first-order chi connectivity index (χ1) is 15.1. The molecule has 0 bridgehead atoms. The molecule has 1 amide bonds. The van der Waals surface area contributed by atoms with E-state index in [2.05, 4.69) is 5.32 Å². The van der Waals surface area contributed by atoms with Crippen LogP contribution in [0, 0.1) is 5.41 Å². The van der Waals surface area contributed by atoms with Gasteiger partial charge in [0.05, 0.1) is 12.3 Å². The molecular formula is C20H25N5O6S. The Hall–Kier alpha value is -3.64. The van der Waals surface area contributed by atoms with Gasteiger partial charge in [0.15, 0.2) is 0 Å². The van der Waals surface area contributed by atoms with E-state index in [4.69, 9.17) is 21.6 Å². The Bertz CT molecular complexity index is 1070. The van der Waals surface area contributed by atoms with E-state index in [-0.39, 0.29) is 29.4 Å². The molecule has 8 N–H and O–H groups in total. The zero-order valence-electron chi connectivity index (χ0n) is 17.1. The third-order valence-electron chi connectivity index (χ3n) is 4.29. The van der Waals surface area contributed by atoms with E-state index >= 15 is 0 Å². The first-order valence-electron chi connectivity index (χ1n) is 9.54. The van der Waals surface area contributed by atoms with Gasteiger partial charge in [0.1, 0.15) is 22.5 Å². The molecule has 1 atom stereocenters. The second-order valence-electron chi connectivity index (χ2n) is 6.74. The molecule has 1 unspecified atom stereocenters. The van der Waals surface area contributed by atoms with Crippen LogP contribution in [0.3, 0.4) is 0 Å². The van der Waals surface area contributed by atoms with Gasteiger partial charge in [0.25, 0.3) is 0 Å². The molecule has 11 nitrogen and oxygen atoms in total. The largest absolute Gasteiger partial charge is 0.494 e. The van der Waals surface area contributed by atoms with Crippen molar-refractivity contribution in [3.05, 3.63) is 54.1 Å².